The van der Waals surface area contributed by atoms with Gasteiger partial charge in [0.05, 0.1) is 5.84 Å². The van der Waals surface area contributed by atoms with Gasteiger partial charge in [-0.05, 0) is 37.1 Å². The van der Waals surface area contributed by atoms with Crippen molar-refractivity contribution in [2.45, 2.75) is 25.7 Å². The summed E-state index contributed by atoms with van der Waals surface area (Å²) >= 11 is 0. The second-order valence-electron chi connectivity index (χ2n) is 5.27. The lowest BCUT2D eigenvalue weighted by Gasteiger charge is -2.22. The van der Waals surface area contributed by atoms with Crippen molar-refractivity contribution in [1.82, 2.24) is 4.90 Å². The number of aliphatic hydroxyl groups excluding tert-OH is 1. The topological polar surface area (TPSA) is 73.3 Å². The molecule has 2 fully saturated rings. The molecule has 1 atom stereocenters. The fourth-order valence-corrected chi connectivity index (χ4v) is 2.65. The molecule has 2 aliphatic rings. The molecule has 4 N–H and O–H groups in total. The van der Waals surface area contributed by atoms with Crippen molar-refractivity contribution >= 4 is 5.84 Å². The molecule has 2 rings (SSSR count). The van der Waals surface area contributed by atoms with E-state index in [0.29, 0.717) is 23.8 Å². The van der Waals surface area contributed by atoms with Gasteiger partial charge in [-0.15, -0.1) is 0 Å². The van der Waals surface area contributed by atoms with Crippen LogP contribution in [-0.4, -0.2) is 42.1 Å². The van der Waals surface area contributed by atoms with Crippen LogP contribution in [0.1, 0.15) is 25.7 Å². The second-order valence-corrected chi connectivity index (χ2v) is 5.27. The minimum Gasteiger partial charge on any atom is -0.396 e. The molecule has 1 aliphatic carbocycles. The average Bonchev–Trinajstić information content (AvgIpc) is 2.76. The SMILES string of the molecule is N=C(N)CC1(CN2CCC(CO)C2)CC1. The average molecular weight is 211 g/mol. The summed E-state index contributed by atoms with van der Waals surface area (Å²) in [5.74, 6) is 0.795. The van der Waals surface area contributed by atoms with Gasteiger partial charge in [0, 0.05) is 26.1 Å². The summed E-state index contributed by atoms with van der Waals surface area (Å²) in [6.07, 6.45) is 4.31. The number of likely N-dealkylation sites (tertiary alicyclic amines) is 1. The lowest BCUT2D eigenvalue weighted by molar-refractivity contribution is 0.209. The molecule has 86 valence electrons. The number of nitrogens with zero attached hydrogens (tertiary/aromatic N) is 1. The van der Waals surface area contributed by atoms with E-state index in [-0.39, 0.29) is 0 Å². The van der Waals surface area contributed by atoms with Gasteiger partial charge in [-0.3, -0.25) is 5.41 Å². The number of amidine groups is 1. The standard InChI is InChI=1S/C11H21N3O/c12-10(13)5-11(2-3-11)8-14-4-1-9(6-14)7-15/h9,15H,1-8H2,(H3,12,13). The summed E-state index contributed by atoms with van der Waals surface area (Å²) in [6, 6.07) is 0. The number of nitrogens with one attached hydrogen (secondary N) is 1. The molecule has 0 aromatic heterocycles. The van der Waals surface area contributed by atoms with Gasteiger partial charge < -0.3 is 15.7 Å². The molecule has 1 heterocycles. The highest BCUT2D eigenvalue weighted by atomic mass is 16.3. The molecule has 15 heavy (non-hydrogen) atoms. The Morgan fingerprint density at radius 3 is 2.73 bits per heavy atom. The molecule has 0 aromatic carbocycles. The molecule has 1 unspecified atom stereocenters. The molecule has 4 heteroatoms. The van der Waals surface area contributed by atoms with Crippen molar-refractivity contribution in [2.75, 3.05) is 26.2 Å². The van der Waals surface area contributed by atoms with Crippen molar-refractivity contribution in [3.05, 3.63) is 0 Å². The smallest absolute Gasteiger partial charge is 0.0911 e. The van der Waals surface area contributed by atoms with Gasteiger partial charge in [0.15, 0.2) is 0 Å². The van der Waals surface area contributed by atoms with Crippen molar-refractivity contribution in [2.24, 2.45) is 17.1 Å². The molecular weight excluding hydrogens is 190 g/mol. The van der Waals surface area contributed by atoms with E-state index < -0.39 is 0 Å². The Bertz CT molecular complexity index is 250. The third-order valence-corrected chi connectivity index (χ3v) is 3.71. The quantitative estimate of drug-likeness (QED) is 0.455. The first kappa shape index (κ1) is 10.9. The van der Waals surface area contributed by atoms with E-state index in [9.17, 15) is 0 Å². The van der Waals surface area contributed by atoms with Gasteiger partial charge in [-0.1, -0.05) is 0 Å². The second kappa shape index (κ2) is 4.10. The predicted octanol–water partition coefficient (Wildman–Crippen LogP) is 0.407. The predicted molar refractivity (Wildman–Crippen MR) is 59.8 cm³/mol. The van der Waals surface area contributed by atoms with Crippen LogP contribution in [0.5, 0.6) is 0 Å². The van der Waals surface area contributed by atoms with Crippen molar-refractivity contribution in [3.8, 4) is 0 Å². The fourth-order valence-electron chi connectivity index (χ4n) is 2.65. The Kier molecular flexibility index (Phi) is 2.98. The van der Waals surface area contributed by atoms with Crippen LogP contribution < -0.4 is 5.73 Å². The summed E-state index contributed by atoms with van der Waals surface area (Å²) in [5.41, 5.74) is 5.79. The lowest BCUT2D eigenvalue weighted by Crippen LogP contribution is -2.31. The van der Waals surface area contributed by atoms with Crippen LogP contribution in [0.4, 0.5) is 0 Å². The Morgan fingerprint density at radius 1 is 1.53 bits per heavy atom. The molecule has 1 aliphatic heterocycles. The maximum Gasteiger partial charge on any atom is 0.0911 e. The normalized spacial score (nSPS) is 29.3. The Morgan fingerprint density at radius 2 is 2.27 bits per heavy atom. The van der Waals surface area contributed by atoms with Crippen molar-refractivity contribution in [3.63, 3.8) is 0 Å². The zero-order valence-electron chi connectivity index (χ0n) is 9.21. The van der Waals surface area contributed by atoms with Crippen LogP contribution >= 0.6 is 0 Å². The summed E-state index contributed by atoms with van der Waals surface area (Å²) in [6.45, 7) is 3.51. The summed E-state index contributed by atoms with van der Waals surface area (Å²) < 4.78 is 0. The molecule has 0 aromatic rings. The van der Waals surface area contributed by atoms with Crippen LogP contribution in [-0.2, 0) is 0 Å². The van der Waals surface area contributed by atoms with E-state index in [4.69, 9.17) is 16.2 Å². The van der Waals surface area contributed by atoms with E-state index in [0.717, 1.165) is 32.5 Å². The van der Waals surface area contributed by atoms with Crippen LogP contribution in [0.3, 0.4) is 0 Å². The maximum absolute atomic E-state index is 9.06. The van der Waals surface area contributed by atoms with Gasteiger partial charge in [0.1, 0.15) is 0 Å². The first-order valence-corrected chi connectivity index (χ1v) is 5.80. The monoisotopic (exact) mass is 211 g/mol. The first-order valence-electron chi connectivity index (χ1n) is 5.80. The molecule has 4 nitrogen and oxygen atoms in total. The number of nitrogens with two attached hydrogens (primary N) is 1. The Hall–Kier alpha value is -0.610. The van der Waals surface area contributed by atoms with Crippen LogP contribution in [0.2, 0.25) is 0 Å². The Labute approximate surface area is 91.0 Å². The summed E-state index contributed by atoms with van der Waals surface area (Å²) in [5, 5.41) is 16.4. The summed E-state index contributed by atoms with van der Waals surface area (Å²) in [4.78, 5) is 2.43. The summed E-state index contributed by atoms with van der Waals surface area (Å²) in [7, 11) is 0. The fraction of sp³-hybridized carbons (Fsp3) is 0.909. The van der Waals surface area contributed by atoms with E-state index in [1.165, 1.54) is 12.8 Å². The molecular formula is C11H21N3O. The zero-order valence-corrected chi connectivity index (χ0v) is 9.21. The Balaban J connectivity index is 1.80. The molecule has 0 bridgehead atoms. The van der Waals surface area contributed by atoms with Gasteiger partial charge in [-0.25, -0.2) is 0 Å². The minimum absolute atomic E-state index is 0.316. The molecule has 0 radical (unpaired) electrons. The number of aliphatic hydroxyl groups is 1. The third-order valence-electron chi connectivity index (χ3n) is 3.71. The van der Waals surface area contributed by atoms with Gasteiger partial charge in [0.25, 0.3) is 0 Å². The van der Waals surface area contributed by atoms with Crippen LogP contribution in [0, 0.1) is 16.7 Å². The van der Waals surface area contributed by atoms with Gasteiger partial charge in [0.2, 0.25) is 0 Å². The molecule has 1 saturated carbocycles. The zero-order chi connectivity index (χ0) is 10.9. The van der Waals surface area contributed by atoms with E-state index >= 15 is 0 Å². The highest BCUT2D eigenvalue weighted by Gasteiger charge is 2.44. The van der Waals surface area contributed by atoms with Crippen LogP contribution in [0.15, 0.2) is 0 Å². The highest BCUT2D eigenvalue weighted by Crippen LogP contribution is 2.49. The largest absolute Gasteiger partial charge is 0.396 e. The van der Waals surface area contributed by atoms with Crippen molar-refractivity contribution < 1.29 is 5.11 Å². The van der Waals surface area contributed by atoms with Crippen molar-refractivity contribution in [1.29, 1.82) is 5.41 Å². The van der Waals surface area contributed by atoms with E-state index in [1.807, 2.05) is 0 Å². The number of hydrogen-bond acceptors (Lipinski definition) is 3. The molecule has 0 spiro atoms. The first-order chi connectivity index (χ1) is 7.13. The minimum atomic E-state index is 0.316. The van der Waals surface area contributed by atoms with E-state index in [2.05, 4.69) is 4.90 Å². The lowest BCUT2D eigenvalue weighted by atomic mass is 10.0. The number of rotatable bonds is 5. The maximum atomic E-state index is 9.06. The third kappa shape index (κ3) is 2.69. The van der Waals surface area contributed by atoms with E-state index in [1.54, 1.807) is 0 Å². The van der Waals surface area contributed by atoms with Gasteiger partial charge in [-0.2, -0.15) is 0 Å². The number of hydrogen-bond donors (Lipinski definition) is 3. The highest BCUT2D eigenvalue weighted by molar-refractivity contribution is 5.78. The molecule has 0 amide bonds. The molecule has 1 saturated heterocycles. The van der Waals surface area contributed by atoms with Crippen LogP contribution in [0.25, 0.3) is 0 Å². The van der Waals surface area contributed by atoms with Gasteiger partial charge >= 0.3 is 0 Å².